The third-order valence-electron chi connectivity index (χ3n) is 2.14. The summed E-state index contributed by atoms with van der Waals surface area (Å²) in [4.78, 5) is 25.3. The predicted molar refractivity (Wildman–Crippen MR) is 63.5 cm³/mol. The van der Waals surface area contributed by atoms with Crippen LogP contribution in [-0.4, -0.2) is 31.1 Å². The highest BCUT2D eigenvalue weighted by Crippen LogP contribution is 2.28. The van der Waals surface area contributed by atoms with Gasteiger partial charge in [0.15, 0.2) is 0 Å². The second kappa shape index (κ2) is 4.60. The van der Waals surface area contributed by atoms with Gasteiger partial charge in [-0.2, -0.15) is 4.98 Å². The van der Waals surface area contributed by atoms with Crippen LogP contribution in [0.4, 0.5) is 17.3 Å². The van der Waals surface area contributed by atoms with Crippen molar-refractivity contribution < 1.29 is 14.8 Å². The molecule has 0 radical (unpaired) electrons. The standard InChI is InChI=1S/C9H8N6O4/c10-9-12-7(13-14-9)8(17)11-5-2-1-4(16)3-6(5)15(18)19/h1-3,16H,(H,11,17)(H3,10,12,13,14). The van der Waals surface area contributed by atoms with Crippen molar-refractivity contribution in [2.75, 3.05) is 11.1 Å². The van der Waals surface area contributed by atoms with Crippen molar-refractivity contribution in [2.45, 2.75) is 0 Å². The molecule has 0 bridgehead atoms. The summed E-state index contributed by atoms with van der Waals surface area (Å²) in [5.41, 5.74) is 4.71. The largest absolute Gasteiger partial charge is 0.508 e. The van der Waals surface area contributed by atoms with E-state index in [1.165, 1.54) is 12.1 Å². The number of aromatic hydroxyl groups is 1. The molecule has 0 aliphatic carbocycles. The molecule has 2 aromatic rings. The van der Waals surface area contributed by atoms with E-state index in [9.17, 15) is 20.0 Å². The van der Waals surface area contributed by atoms with E-state index in [2.05, 4.69) is 20.5 Å². The molecule has 1 aromatic carbocycles. The lowest BCUT2D eigenvalue weighted by molar-refractivity contribution is -0.384. The number of aromatic nitrogens is 3. The summed E-state index contributed by atoms with van der Waals surface area (Å²) in [5, 5.41) is 28.0. The van der Waals surface area contributed by atoms with Crippen molar-refractivity contribution in [3.05, 3.63) is 34.1 Å². The number of phenolic OH excluding ortho intramolecular Hbond substituents is 1. The number of anilines is 2. The highest BCUT2D eigenvalue weighted by atomic mass is 16.6. The predicted octanol–water partition coefficient (Wildman–Crippen LogP) is 0.253. The Balaban J connectivity index is 2.28. The molecule has 19 heavy (non-hydrogen) atoms. The molecule has 0 spiro atoms. The van der Waals surface area contributed by atoms with Crippen molar-refractivity contribution in [2.24, 2.45) is 0 Å². The van der Waals surface area contributed by atoms with Crippen LogP contribution in [-0.2, 0) is 0 Å². The molecule has 0 fully saturated rings. The zero-order valence-corrected chi connectivity index (χ0v) is 9.32. The van der Waals surface area contributed by atoms with Crippen LogP contribution in [0.2, 0.25) is 0 Å². The minimum atomic E-state index is -0.738. The zero-order valence-electron chi connectivity index (χ0n) is 9.32. The van der Waals surface area contributed by atoms with Crippen LogP contribution in [0, 0.1) is 10.1 Å². The number of aromatic amines is 1. The Morgan fingerprint density at radius 2 is 2.26 bits per heavy atom. The average molecular weight is 264 g/mol. The first kappa shape index (κ1) is 12.3. The third-order valence-corrected chi connectivity index (χ3v) is 2.14. The molecule has 0 aliphatic heterocycles. The van der Waals surface area contributed by atoms with E-state index in [1.54, 1.807) is 0 Å². The minimum absolute atomic E-state index is 0.0808. The molecule has 98 valence electrons. The summed E-state index contributed by atoms with van der Waals surface area (Å²) >= 11 is 0. The SMILES string of the molecule is Nc1n[nH]c(C(=O)Nc2ccc(O)cc2[N+](=O)[O-])n1. The van der Waals surface area contributed by atoms with Crippen molar-refractivity contribution in [1.29, 1.82) is 0 Å². The number of nitrogens with one attached hydrogen (secondary N) is 2. The molecule has 0 aliphatic rings. The van der Waals surface area contributed by atoms with Gasteiger partial charge in [0.1, 0.15) is 11.4 Å². The van der Waals surface area contributed by atoms with E-state index in [-0.39, 0.29) is 23.2 Å². The van der Waals surface area contributed by atoms with Gasteiger partial charge in [-0.3, -0.25) is 20.0 Å². The number of hydrogen-bond donors (Lipinski definition) is 4. The molecular formula is C9H8N6O4. The van der Waals surface area contributed by atoms with Gasteiger partial charge in [0, 0.05) is 0 Å². The Morgan fingerprint density at radius 1 is 1.53 bits per heavy atom. The number of nitrogen functional groups attached to an aromatic ring is 1. The molecule has 1 amide bonds. The first-order valence-electron chi connectivity index (χ1n) is 4.94. The fraction of sp³-hybridized carbons (Fsp3) is 0. The van der Waals surface area contributed by atoms with Crippen LogP contribution in [0.1, 0.15) is 10.6 Å². The molecule has 10 nitrogen and oxygen atoms in total. The van der Waals surface area contributed by atoms with E-state index in [0.29, 0.717) is 0 Å². The van der Waals surface area contributed by atoms with Gasteiger partial charge in [0.2, 0.25) is 11.8 Å². The van der Waals surface area contributed by atoms with Gasteiger partial charge in [-0.1, -0.05) is 0 Å². The lowest BCUT2D eigenvalue weighted by atomic mass is 10.2. The first-order chi connectivity index (χ1) is 8.97. The number of nitro benzene ring substituents is 1. The second-order valence-electron chi connectivity index (χ2n) is 3.45. The van der Waals surface area contributed by atoms with Crippen molar-refractivity contribution in [3.8, 4) is 5.75 Å². The fourth-order valence-electron chi connectivity index (χ4n) is 1.33. The Bertz CT molecular complexity index is 652. The summed E-state index contributed by atoms with van der Waals surface area (Å²) in [7, 11) is 0. The number of carbonyl (C=O) groups excluding carboxylic acids is 1. The van der Waals surface area contributed by atoms with Crippen LogP contribution in [0.25, 0.3) is 0 Å². The first-order valence-corrected chi connectivity index (χ1v) is 4.94. The Morgan fingerprint density at radius 3 is 2.84 bits per heavy atom. The highest BCUT2D eigenvalue weighted by molar-refractivity contribution is 6.03. The summed E-state index contributed by atoms with van der Waals surface area (Å²) < 4.78 is 0. The van der Waals surface area contributed by atoms with E-state index < -0.39 is 16.5 Å². The quantitative estimate of drug-likeness (QED) is 0.351. The Hall–Kier alpha value is -3.17. The normalized spacial score (nSPS) is 10.1. The maximum atomic E-state index is 11.7. The zero-order chi connectivity index (χ0) is 14.0. The molecule has 0 atom stereocenters. The second-order valence-corrected chi connectivity index (χ2v) is 3.45. The number of benzene rings is 1. The third kappa shape index (κ3) is 2.57. The fourth-order valence-corrected chi connectivity index (χ4v) is 1.33. The number of hydrogen-bond acceptors (Lipinski definition) is 7. The van der Waals surface area contributed by atoms with Crippen molar-refractivity contribution >= 4 is 23.2 Å². The van der Waals surface area contributed by atoms with Gasteiger partial charge >= 0.3 is 0 Å². The number of amides is 1. The molecule has 2 rings (SSSR count). The van der Waals surface area contributed by atoms with Gasteiger partial charge in [-0.25, -0.2) is 0 Å². The summed E-state index contributed by atoms with van der Waals surface area (Å²) in [6, 6.07) is 3.33. The Kier molecular flexibility index (Phi) is 2.98. The number of nitro groups is 1. The number of phenols is 1. The molecule has 0 saturated heterocycles. The minimum Gasteiger partial charge on any atom is -0.508 e. The van der Waals surface area contributed by atoms with E-state index in [1.807, 2.05) is 0 Å². The molecule has 0 unspecified atom stereocenters. The van der Waals surface area contributed by atoms with Crippen LogP contribution < -0.4 is 11.1 Å². The molecule has 1 aromatic heterocycles. The highest BCUT2D eigenvalue weighted by Gasteiger charge is 2.19. The van der Waals surface area contributed by atoms with Gasteiger partial charge in [-0.15, -0.1) is 5.10 Å². The van der Waals surface area contributed by atoms with Gasteiger partial charge in [-0.05, 0) is 12.1 Å². The van der Waals surface area contributed by atoms with Crippen molar-refractivity contribution in [3.63, 3.8) is 0 Å². The van der Waals surface area contributed by atoms with E-state index in [0.717, 1.165) is 6.07 Å². The lowest BCUT2D eigenvalue weighted by Gasteiger charge is -2.04. The number of rotatable bonds is 3. The van der Waals surface area contributed by atoms with E-state index >= 15 is 0 Å². The topological polar surface area (TPSA) is 160 Å². The smallest absolute Gasteiger partial charge is 0.296 e. The van der Waals surface area contributed by atoms with Crippen molar-refractivity contribution in [1.82, 2.24) is 15.2 Å². The van der Waals surface area contributed by atoms with Gasteiger partial charge in [0.05, 0.1) is 11.0 Å². The number of nitrogens with two attached hydrogens (primary N) is 1. The monoisotopic (exact) mass is 264 g/mol. The molecule has 10 heteroatoms. The maximum Gasteiger partial charge on any atom is 0.296 e. The van der Waals surface area contributed by atoms with Crippen LogP contribution >= 0.6 is 0 Å². The average Bonchev–Trinajstić information content (AvgIpc) is 2.78. The number of H-pyrrole nitrogens is 1. The molecule has 0 saturated carbocycles. The summed E-state index contributed by atoms with van der Waals surface area (Å²) in [5.74, 6) is -1.32. The summed E-state index contributed by atoms with van der Waals surface area (Å²) in [6.45, 7) is 0. The van der Waals surface area contributed by atoms with Crippen LogP contribution in [0.5, 0.6) is 5.75 Å². The lowest BCUT2D eigenvalue weighted by Crippen LogP contribution is -2.14. The molecule has 5 N–H and O–H groups in total. The van der Waals surface area contributed by atoms with E-state index in [4.69, 9.17) is 5.73 Å². The maximum absolute atomic E-state index is 11.7. The van der Waals surface area contributed by atoms with Gasteiger partial charge in [0.25, 0.3) is 11.6 Å². The molecular weight excluding hydrogens is 256 g/mol. The van der Waals surface area contributed by atoms with Gasteiger partial charge < -0.3 is 16.2 Å². The number of nitrogens with zero attached hydrogens (tertiary/aromatic N) is 3. The van der Waals surface area contributed by atoms with Crippen LogP contribution in [0.3, 0.4) is 0 Å². The Labute approximate surface area is 105 Å². The van der Waals surface area contributed by atoms with Crippen LogP contribution in [0.15, 0.2) is 18.2 Å². The number of carbonyl (C=O) groups is 1. The summed E-state index contributed by atoms with van der Waals surface area (Å²) in [6.07, 6.45) is 0. The molecule has 1 heterocycles.